The first-order chi connectivity index (χ1) is 10.8. The molecule has 1 N–H and O–H groups in total. The van der Waals surface area contributed by atoms with Crippen molar-refractivity contribution >= 4 is 5.82 Å². The number of aryl methyl sites for hydroxylation is 1. The molecule has 1 aliphatic rings. The first-order valence-corrected chi connectivity index (χ1v) is 7.94. The van der Waals surface area contributed by atoms with Crippen LogP contribution in [0.4, 0.5) is 5.82 Å². The van der Waals surface area contributed by atoms with Crippen molar-refractivity contribution in [3.63, 3.8) is 0 Å². The van der Waals surface area contributed by atoms with Gasteiger partial charge in [-0.1, -0.05) is 6.42 Å². The minimum absolute atomic E-state index is 0.328. The molecule has 2 heterocycles. The van der Waals surface area contributed by atoms with Crippen molar-refractivity contribution in [3.8, 4) is 5.88 Å². The molecule has 1 fully saturated rings. The van der Waals surface area contributed by atoms with Crippen LogP contribution >= 0.6 is 0 Å². The van der Waals surface area contributed by atoms with Crippen LogP contribution in [0.1, 0.15) is 43.4 Å². The zero-order valence-electron chi connectivity index (χ0n) is 13.0. The van der Waals surface area contributed by atoms with E-state index in [0.29, 0.717) is 12.6 Å². The average Bonchev–Trinajstić information content (AvgIpc) is 2.54. The molecule has 5 heteroatoms. The van der Waals surface area contributed by atoms with Gasteiger partial charge in [-0.15, -0.1) is 0 Å². The zero-order chi connectivity index (χ0) is 15.2. The Hall–Kier alpha value is -2.17. The number of anilines is 1. The number of hydrogen-bond acceptors (Lipinski definition) is 5. The van der Waals surface area contributed by atoms with E-state index >= 15 is 0 Å². The Morgan fingerprint density at radius 2 is 2.00 bits per heavy atom. The topological polar surface area (TPSA) is 59.9 Å². The lowest BCUT2D eigenvalue weighted by Crippen LogP contribution is -2.20. The van der Waals surface area contributed by atoms with Crippen molar-refractivity contribution < 1.29 is 4.74 Å². The van der Waals surface area contributed by atoms with Crippen LogP contribution in [0.5, 0.6) is 5.88 Å². The molecule has 0 spiro atoms. The number of hydrogen-bond donors (Lipinski definition) is 1. The van der Waals surface area contributed by atoms with Crippen molar-refractivity contribution in [1.82, 2.24) is 15.0 Å². The van der Waals surface area contributed by atoms with Gasteiger partial charge in [-0.25, -0.2) is 15.0 Å². The van der Waals surface area contributed by atoms with E-state index in [1.54, 1.807) is 12.5 Å². The zero-order valence-corrected chi connectivity index (χ0v) is 13.0. The molecule has 0 aliphatic heterocycles. The second-order valence-corrected chi connectivity index (χ2v) is 5.78. The van der Waals surface area contributed by atoms with Gasteiger partial charge in [0.25, 0.3) is 0 Å². The van der Waals surface area contributed by atoms with E-state index in [9.17, 15) is 0 Å². The molecule has 22 heavy (non-hydrogen) atoms. The van der Waals surface area contributed by atoms with Gasteiger partial charge in [-0.05, 0) is 44.2 Å². The van der Waals surface area contributed by atoms with Crippen LogP contribution in [0, 0.1) is 6.92 Å². The summed E-state index contributed by atoms with van der Waals surface area (Å²) in [7, 11) is 0. The van der Waals surface area contributed by atoms with Gasteiger partial charge in [0.05, 0.1) is 0 Å². The number of nitrogens with one attached hydrogen (secondary N) is 1. The lowest BCUT2D eigenvalue weighted by Gasteiger charge is -2.22. The second-order valence-electron chi connectivity index (χ2n) is 5.78. The van der Waals surface area contributed by atoms with Gasteiger partial charge in [-0.2, -0.15) is 0 Å². The molecule has 0 amide bonds. The Balaban J connectivity index is 1.58. The van der Waals surface area contributed by atoms with Gasteiger partial charge in [0, 0.05) is 30.6 Å². The molecule has 2 aromatic rings. The lowest BCUT2D eigenvalue weighted by atomic mass is 9.98. The highest BCUT2D eigenvalue weighted by atomic mass is 16.5. The SMILES string of the molecule is Cc1cc(NCc2ccnc(OC3CCCCC3)c2)ncn1. The molecule has 5 nitrogen and oxygen atoms in total. The second kappa shape index (κ2) is 7.20. The number of aromatic nitrogens is 3. The van der Waals surface area contributed by atoms with Crippen molar-refractivity contribution in [2.75, 3.05) is 5.32 Å². The minimum atomic E-state index is 0.328. The largest absolute Gasteiger partial charge is 0.474 e. The molecule has 1 saturated carbocycles. The van der Waals surface area contributed by atoms with Gasteiger partial charge in [0.1, 0.15) is 18.2 Å². The van der Waals surface area contributed by atoms with Crippen molar-refractivity contribution in [2.24, 2.45) is 0 Å². The van der Waals surface area contributed by atoms with Crippen LogP contribution in [0.25, 0.3) is 0 Å². The highest BCUT2D eigenvalue weighted by Crippen LogP contribution is 2.22. The maximum atomic E-state index is 6.00. The van der Waals surface area contributed by atoms with Gasteiger partial charge >= 0.3 is 0 Å². The number of pyridine rings is 1. The monoisotopic (exact) mass is 298 g/mol. The fraction of sp³-hybridized carbons (Fsp3) is 0.471. The van der Waals surface area contributed by atoms with Crippen LogP contribution in [0.3, 0.4) is 0 Å². The molecule has 0 aromatic carbocycles. The molecule has 0 atom stereocenters. The van der Waals surface area contributed by atoms with E-state index in [0.717, 1.165) is 35.8 Å². The summed E-state index contributed by atoms with van der Waals surface area (Å²) in [6.45, 7) is 2.65. The highest BCUT2D eigenvalue weighted by Gasteiger charge is 2.15. The highest BCUT2D eigenvalue weighted by molar-refractivity contribution is 5.36. The summed E-state index contributed by atoms with van der Waals surface area (Å²) in [6.07, 6.45) is 9.85. The lowest BCUT2D eigenvalue weighted by molar-refractivity contribution is 0.148. The molecule has 0 unspecified atom stereocenters. The summed E-state index contributed by atoms with van der Waals surface area (Å²) >= 11 is 0. The third kappa shape index (κ3) is 4.16. The Morgan fingerprint density at radius 1 is 1.14 bits per heavy atom. The molecule has 116 valence electrons. The Bertz CT molecular complexity index is 611. The first-order valence-electron chi connectivity index (χ1n) is 7.94. The molecule has 0 radical (unpaired) electrons. The van der Waals surface area contributed by atoms with E-state index in [4.69, 9.17) is 4.74 Å². The van der Waals surface area contributed by atoms with Gasteiger partial charge < -0.3 is 10.1 Å². The Kier molecular flexibility index (Phi) is 4.83. The predicted molar refractivity (Wildman–Crippen MR) is 85.8 cm³/mol. The normalized spacial score (nSPS) is 15.5. The number of nitrogens with zero attached hydrogens (tertiary/aromatic N) is 3. The summed E-state index contributed by atoms with van der Waals surface area (Å²) in [6, 6.07) is 5.94. The van der Waals surface area contributed by atoms with E-state index < -0.39 is 0 Å². The smallest absolute Gasteiger partial charge is 0.213 e. The minimum Gasteiger partial charge on any atom is -0.474 e. The number of ether oxygens (including phenoxy) is 1. The molecule has 2 aromatic heterocycles. The van der Waals surface area contributed by atoms with E-state index in [-0.39, 0.29) is 0 Å². The van der Waals surface area contributed by atoms with Crippen molar-refractivity contribution in [3.05, 3.63) is 42.0 Å². The van der Waals surface area contributed by atoms with Gasteiger partial charge in [0.15, 0.2) is 0 Å². The van der Waals surface area contributed by atoms with Crippen LogP contribution in [-0.4, -0.2) is 21.1 Å². The van der Waals surface area contributed by atoms with Gasteiger partial charge in [-0.3, -0.25) is 0 Å². The third-order valence-corrected chi connectivity index (χ3v) is 3.92. The van der Waals surface area contributed by atoms with Crippen LogP contribution in [0.15, 0.2) is 30.7 Å². The third-order valence-electron chi connectivity index (χ3n) is 3.92. The number of rotatable bonds is 5. The standard InChI is InChI=1S/C17H22N4O/c1-13-9-16(21-12-20-13)19-11-14-7-8-18-17(10-14)22-15-5-3-2-4-6-15/h7-10,12,15H,2-6,11H2,1H3,(H,19,20,21). The van der Waals surface area contributed by atoms with Crippen LogP contribution < -0.4 is 10.1 Å². The fourth-order valence-corrected chi connectivity index (χ4v) is 2.72. The fourth-order valence-electron chi connectivity index (χ4n) is 2.72. The molecule has 3 rings (SSSR count). The molecule has 1 aliphatic carbocycles. The molecular weight excluding hydrogens is 276 g/mol. The maximum absolute atomic E-state index is 6.00. The first kappa shape index (κ1) is 14.8. The quantitative estimate of drug-likeness (QED) is 0.915. The van der Waals surface area contributed by atoms with E-state index in [1.165, 1.54) is 19.3 Å². The van der Waals surface area contributed by atoms with Gasteiger partial charge in [0.2, 0.25) is 5.88 Å². The summed E-state index contributed by atoms with van der Waals surface area (Å²) in [5.74, 6) is 1.56. The van der Waals surface area contributed by atoms with E-state index in [1.807, 2.05) is 25.1 Å². The summed E-state index contributed by atoms with van der Waals surface area (Å²) in [4.78, 5) is 12.6. The Morgan fingerprint density at radius 3 is 2.82 bits per heavy atom. The average molecular weight is 298 g/mol. The molecule has 0 saturated heterocycles. The van der Waals surface area contributed by atoms with Crippen molar-refractivity contribution in [2.45, 2.75) is 51.7 Å². The predicted octanol–water partition coefficient (Wildman–Crippen LogP) is 3.50. The van der Waals surface area contributed by atoms with Crippen LogP contribution in [0.2, 0.25) is 0 Å². The summed E-state index contributed by atoms with van der Waals surface area (Å²) in [5.41, 5.74) is 2.09. The molecular formula is C17H22N4O. The molecule has 0 bridgehead atoms. The maximum Gasteiger partial charge on any atom is 0.213 e. The summed E-state index contributed by atoms with van der Waals surface area (Å²) in [5, 5.41) is 3.30. The van der Waals surface area contributed by atoms with Crippen molar-refractivity contribution in [1.29, 1.82) is 0 Å². The van der Waals surface area contributed by atoms with Crippen LogP contribution in [-0.2, 0) is 6.54 Å². The summed E-state index contributed by atoms with van der Waals surface area (Å²) < 4.78 is 6.00. The Labute approximate surface area is 131 Å². The van der Waals surface area contributed by atoms with E-state index in [2.05, 4.69) is 20.3 Å².